The van der Waals surface area contributed by atoms with Gasteiger partial charge in [-0.15, -0.1) is 0 Å². The summed E-state index contributed by atoms with van der Waals surface area (Å²) in [5, 5.41) is 0. The van der Waals surface area contributed by atoms with E-state index in [-0.39, 0.29) is 11.4 Å². The lowest BCUT2D eigenvalue weighted by atomic mass is 9.84. The van der Waals surface area contributed by atoms with Crippen molar-refractivity contribution in [2.75, 3.05) is 0 Å². The SMILES string of the molecule is CC1=CCC(C)CC1.CC1=CCC(C)CC1.CC1CCC(C)CC1.CC1CCC(C)CC1.Cc1cc(F)c(C)c(F)c1.Cc1ccc(C)c(F)c1.Cc1ccc(C)cc1. The van der Waals surface area contributed by atoms with Gasteiger partial charge in [-0.3, -0.25) is 0 Å². The zero-order valence-electron chi connectivity index (χ0n) is 40.3. The molecule has 4 aliphatic rings. The third-order valence-electron chi connectivity index (χ3n) is 12.4. The highest BCUT2D eigenvalue weighted by atomic mass is 19.1. The first-order chi connectivity index (χ1) is 27.7. The molecule has 7 rings (SSSR count). The molecule has 0 nitrogen and oxygen atoms in total. The third-order valence-corrected chi connectivity index (χ3v) is 12.4. The van der Waals surface area contributed by atoms with Gasteiger partial charge in [-0.2, -0.15) is 0 Å². The fourth-order valence-electron chi connectivity index (χ4n) is 7.15. The zero-order chi connectivity index (χ0) is 44.5. The lowest BCUT2D eigenvalue weighted by Gasteiger charge is -2.22. The van der Waals surface area contributed by atoms with Gasteiger partial charge in [0.25, 0.3) is 0 Å². The molecule has 0 N–H and O–H groups in total. The lowest BCUT2D eigenvalue weighted by Crippen LogP contribution is -2.08. The number of halogens is 3. The van der Waals surface area contributed by atoms with Gasteiger partial charge < -0.3 is 0 Å². The van der Waals surface area contributed by atoms with Crippen LogP contribution in [0.25, 0.3) is 0 Å². The van der Waals surface area contributed by atoms with Gasteiger partial charge in [-0.25, -0.2) is 13.2 Å². The number of allylic oxidation sites excluding steroid dienone is 4. The molecule has 0 radical (unpaired) electrons. The smallest absolute Gasteiger partial charge is 0.129 e. The molecular weight excluding hydrogens is 730 g/mol. The summed E-state index contributed by atoms with van der Waals surface area (Å²) < 4.78 is 37.8. The van der Waals surface area contributed by atoms with E-state index in [9.17, 15) is 13.2 Å². The quantitative estimate of drug-likeness (QED) is 0.198. The highest BCUT2D eigenvalue weighted by molar-refractivity contribution is 5.24. The maximum atomic E-state index is 12.6. The van der Waals surface area contributed by atoms with Crippen LogP contribution in [-0.2, 0) is 0 Å². The van der Waals surface area contributed by atoms with Crippen LogP contribution in [0.1, 0.15) is 179 Å². The highest BCUT2D eigenvalue weighted by Gasteiger charge is 2.14. The van der Waals surface area contributed by atoms with Crippen molar-refractivity contribution in [3.63, 3.8) is 0 Å². The molecule has 0 aromatic heterocycles. The highest BCUT2D eigenvalue weighted by Crippen LogP contribution is 2.28. The molecule has 3 aromatic rings. The van der Waals surface area contributed by atoms with E-state index in [1.165, 1.54) is 126 Å². The van der Waals surface area contributed by atoms with Crippen LogP contribution in [-0.4, -0.2) is 0 Å². The average Bonchev–Trinajstić information content (AvgIpc) is 3.19. The van der Waals surface area contributed by atoms with E-state index in [0.717, 1.165) is 41.1 Å². The lowest BCUT2D eigenvalue weighted by molar-refractivity contribution is 0.308. The maximum absolute atomic E-state index is 12.6. The van der Waals surface area contributed by atoms with Crippen LogP contribution in [0.3, 0.4) is 0 Å². The molecule has 59 heavy (non-hydrogen) atoms. The summed E-state index contributed by atoms with van der Waals surface area (Å²) in [6, 6.07) is 16.3. The van der Waals surface area contributed by atoms with E-state index in [1.54, 1.807) is 31.1 Å². The summed E-state index contributed by atoms with van der Waals surface area (Å²) in [5.41, 5.74) is 8.21. The molecule has 0 heterocycles. The van der Waals surface area contributed by atoms with Gasteiger partial charge in [0, 0.05) is 5.56 Å². The molecule has 0 bridgehead atoms. The first-order valence-electron chi connectivity index (χ1n) is 23.2. The van der Waals surface area contributed by atoms with Gasteiger partial charge in [0.05, 0.1) is 0 Å². The minimum absolute atomic E-state index is 0.0885. The number of hydrogen-bond donors (Lipinski definition) is 0. The number of rotatable bonds is 0. The van der Waals surface area contributed by atoms with Gasteiger partial charge in [0.2, 0.25) is 0 Å². The fraction of sp³-hybridized carbons (Fsp3) is 0.607. The largest absolute Gasteiger partial charge is 0.207 e. The second-order valence-corrected chi connectivity index (χ2v) is 19.4. The van der Waals surface area contributed by atoms with E-state index in [2.05, 4.69) is 106 Å². The van der Waals surface area contributed by atoms with Crippen molar-refractivity contribution in [1.82, 2.24) is 0 Å². The average molecular weight is 817 g/mol. The van der Waals surface area contributed by atoms with Gasteiger partial charge in [-0.05, 0) is 164 Å². The van der Waals surface area contributed by atoms with E-state index >= 15 is 0 Å². The molecule has 332 valence electrons. The Morgan fingerprint density at radius 1 is 0.356 bits per heavy atom. The molecular formula is C56H87F3. The summed E-state index contributed by atoms with van der Waals surface area (Å²) >= 11 is 0. The molecule has 2 saturated carbocycles. The topological polar surface area (TPSA) is 0 Å². The Labute approximate surface area is 363 Å². The fourth-order valence-corrected chi connectivity index (χ4v) is 7.15. The molecule has 3 aromatic carbocycles. The Hall–Kier alpha value is -3.07. The number of aryl methyl sites for hydroxylation is 5. The van der Waals surface area contributed by atoms with Crippen molar-refractivity contribution in [3.8, 4) is 0 Å². The normalized spacial score (nSPS) is 23.3. The summed E-state index contributed by atoms with van der Waals surface area (Å²) in [6.07, 6.45) is 24.6. The van der Waals surface area contributed by atoms with Crippen LogP contribution in [0, 0.1) is 94.5 Å². The summed E-state index contributed by atoms with van der Waals surface area (Å²) in [7, 11) is 0. The Bertz CT molecular complexity index is 1500. The third kappa shape index (κ3) is 26.7. The Kier molecular flexibility index (Phi) is 27.5. The minimum atomic E-state index is -0.475. The first kappa shape index (κ1) is 53.9. The predicted octanol–water partition coefficient (Wildman–Crippen LogP) is 18.5. The van der Waals surface area contributed by atoms with Crippen LogP contribution in [0.4, 0.5) is 13.2 Å². The van der Waals surface area contributed by atoms with Gasteiger partial charge in [0.1, 0.15) is 17.5 Å². The van der Waals surface area contributed by atoms with E-state index < -0.39 is 11.6 Å². The second-order valence-electron chi connectivity index (χ2n) is 19.4. The van der Waals surface area contributed by atoms with Crippen LogP contribution in [0.5, 0.6) is 0 Å². The zero-order valence-corrected chi connectivity index (χ0v) is 40.3. The standard InChI is InChI=1S/C8H8F2.C8H9F.2C8H16.2C8H14.C8H10/c1-5-3-7(9)6(2)8(10)4-5;1-6-3-4-7(2)8(9)5-6;5*1-7-3-5-8(2)6-4-7/h3-4H,1-2H3;3-5H,1-2H3;2*7-8H,3-6H2,1-2H3;2*3,8H,4-6H2,1-2H3;3-6H,1-2H3. The maximum Gasteiger partial charge on any atom is 0.129 e. The minimum Gasteiger partial charge on any atom is -0.207 e. The van der Waals surface area contributed by atoms with Crippen molar-refractivity contribution in [2.45, 2.75) is 187 Å². The van der Waals surface area contributed by atoms with Crippen LogP contribution >= 0.6 is 0 Å². The van der Waals surface area contributed by atoms with Crippen LogP contribution in [0.2, 0.25) is 0 Å². The Morgan fingerprint density at radius 2 is 0.661 bits per heavy atom. The summed E-state index contributed by atoms with van der Waals surface area (Å²) in [6.45, 7) is 29.5. The second kappa shape index (κ2) is 30.0. The molecule has 0 spiro atoms. The molecule has 4 aliphatic carbocycles. The summed E-state index contributed by atoms with van der Waals surface area (Å²) in [4.78, 5) is 0. The molecule has 0 amide bonds. The Morgan fingerprint density at radius 3 is 0.915 bits per heavy atom. The van der Waals surface area contributed by atoms with Gasteiger partial charge in [-0.1, -0.05) is 164 Å². The van der Waals surface area contributed by atoms with E-state index in [0.29, 0.717) is 11.1 Å². The van der Waals surface area contributed by atoms with Crippen molar-refractivity contribution < 1.29 is 13.2 Å². The van der Waals surface area contributed by atoms with Gasteiger partial charge in [0.15, 0.2) is 0 Å². The molecule has 2 atom stereocenters. The molecule has 0 saturated heterocycles. The monoisotopic (exact) mass is 817 g/mol. The van der Waals surface area contributed by atoms with Crippen molar-refractivity contribution in [2.24, 2.45) is 35.5 Å². The van der Waals surface area contributed by atoms with E-state index in [4.69, 9.17) is 0 Å². The van der Waals surface area contributed by atoms with Gasteiger partial charge >= 0.3 is 0 Å². The first-order valence-corrected chi connectivity index (χ1v) is 23.2. The van der Waals surface area contributed by atoms with Crippen molar-refractivity contribution in [3.05, 3.63) is 129 Å². The molecule has 0 aliphatic heterocycles. The molecule has 3 heteroatoms. The van der Waals surface area contributed by atoms with Crippen molar-refractivity contribution >= 4 is 0 Å². The van der Waals surface area contributed by atoms with E-state index in [1.807, 2.05) is 13.0 Å². The molecule has 2 unspecified atom stereocenters. The summed E-state index contributed by atoms with van der Waals surface area (Å²) in [5.74, 6) is 4.90. The van der Waals surface area contributed by atoms with Crippen molar-refractivity contribution in [1.29, 1.82) is 0 Å². The molecule has 2 fully saturated rings. The van der Waals surface area contributed by atoms with Crippen LogP contribution < -0.4 is 0 Å². The Balaban J connectivity index is 0.000000345. The number of benzene rings is 3. The van der Waals surface area contributed by atoms with Crippen LogP contribution in [0.15, 0.2) is 77.9 Å². The number of hydrogen-bond acceptors (Lipinski definition) is 0. The predicted molar refractivity (Wildman–Crippen MR) is 255 cm³/mol.